The lowest BCUT2D eigenvalue weighted by Gasteiger charge is -2.31. The van der Waals surface area contributed by atoms with Crippen LogP contribution in [-0.4, -0.2) is 55.9 Å². The van der Waals surface area contributed by atoms with Crippen molar-refractivity contribution in [1.29, 1.82) is 0 Å². The van der Waals surface area contributed by atoms with Crippen molar-refractivity contribution < 1.29 is 26.4 Å². The van der Waals surface area contributed by atoms with E-state index in [0.717, 1.165) is 17.7 Å². The highest BCUT2D eigenvalue weighted by Gasteiger charge is 2.35. The second-order valence-corrected chi connectivity index (χ2v) is 9.91. The van der Waals surface area contributed by atoms with E-state index in [4.69, 9.17) is 0 Å². The molecule has 2 rings (SSSR count). The van der Waals surface area contributed by atoms with Crippen molar-refractivity contribution in [2.75, 3.05) is 26.2 Å². The lowest BCUT2D eigenvalue weighted by Crippen LogP contribution is -2.43. The Bertz CT molecular complexity index is 764. The van der Waals surface area contributed by atoms with Crippen LogP contribution in [0, 0.1) is 5.41 Å². The third kappa shape index (κ3) is 5.93. The van der Waals surface area contributed by atoms with Gasteiger partial charge in [0.2, 0.25) is 10.0 Å². The number of carbonyl (C=O) groups is 1. The van der Waals surface area contributed by atoms with Gasteiger partial charge in [-0.25, -0.2) is 8.42 Å². The summed E-state index contributed by atoms with van der Waals surface area (Å²) in [6.07, 6.45) is -3.01. The molecule has 1 aliphatic rings. The summed E-state index contributed by atoms with van der Waals surface area (Å²) < 4.78 is 65.4. The van der Waals surface area contributed by atoms with E-state index >= 15 is 0 Å². The molecule has 27 heavy (non-hydrogen) atoms. The molecular formula is C18H25F3N2O3S. The third-order valence-corrected chi connectivity index (χ3v) is 6.00. The molecule has 1 heterocycles. The fourth-order valence-corrected chi connectivity index (χ4v) is 4.60. The predicted molar refractivity (Wildman–Crippen MR) is 95.8 cm³/mol. The minimum Gasteiger partial charge on any atom is -0.329 e. The summed E-state index contributed by atoms with van der Waals surface area (Å²) in [5, 5.41) is 0. The summed E-state index contributed by atoms with van der Waals surface area (Å²) in [6, 6.07) is 5.26. The van der Waals surface area contributed by atoms with Gasteiger partial charge in [0.15, 0.2) is 0 Å². The molecule has 0 saturated carbocycles. The Labute approximate surface area is 158 Å². The number of halogens is 3. The van der Waals surface area contributed by atoms with Gasteiger partial charge < -0.3 is 4.90 Å². The van der Waals surface area contributed by atoms with Gasteiger partial charge in [-0.3, -0.25) is 4.79 Å². The number of sulfonamides is 1. The van der Waals surface area contributed by atoms with Crippen LogP contribution < -0.4 is 0 Å². The van der Waals surface area contributed by atoms with Gasteiger partial charge in [-0.1, -0.05) is 26.8 Å². The van der Waals surface area contributed by atoms with Gasteiger partial charge in [-0.15, -0.1) is 0 Å². The van der Waals surface area contributed by atoms with E-state index in [1.165, 1.54) is 28.6 Å². The van der Waals surface area contributed by atoms with Gasteiger partial charge in [-0.05, 0) is 36.5 Å². The van der Waals surface area contributed by atoms with E-state index in [-0.39, 0.29) is 17.0 Å². The molecule has 9 heteroatoms. The van der Waals surface area contributed by atoms with Crippen LogP contribution in [0.5, 0.6) is 0 Å². The first-order valence-electron chi connectivity index (χ1n) is 8.76. The van der Waals surface area contributed by atoms with Crippen LogP contribution in [0.15, 0.2) is 29.2 Å². The molecule has 0 aliphatic carbocycles. The molecule has 1 amide bonds. The van der Waals surface area contributed by atoms with Crippen molar-refractivity contribution in [2.45, 2.75) is 44.7 Å². The number of hydrogen-bond acceptors (Lipinski definition) is 3. The van der Waals surface area contributed by atoms with Crippen LogP contribution in [0.1, 0.15) is 44.0 Å². The first-order valence-corrected chi connectivity index (χ1v) is 10.2. The molecule has 0 bridgehead atoms. The molecule has 0 N–H and O–H groups in total. The highest BCUT2D eigenvalue weighted by Crippen LogP contribution is 2.25. The lowest BCUT2D eigenvalue weighted by molar-refractivity contribution is -0.142. The summed E-state index contributed by atoms with van der Waals surface area (Å²) in [5.74, 6) is -0.833. The minimum atomic E-state index is -4.54. The fraction of sp³-hybridized carbons (Fsp3) is 0.611. The zero-order chi connectivity index (χ0) is 20.5. The molecule has 0 unspecified atom stereocenters. The van der Waals surface area contributed by atoms with E-state index in [1.54, 1.807) is 20.8 Å². The van der Waals surface area contributed by atoms with Gasteiger partial charge in [-0.2, -0.15) is 17.5 Å². The standard InChI is InChI=1S/C18H25F3N2O3S/c1-17(2,3)12-22(13-18(19,20)21)16(24)14-7-6-8-15(11-14)27(25,26)23-9-4-5-10-23/h6-8,11H,4-5,9-10,12-13H2,1-3H3. The number of carbonyl (C=O) groups excluding carboxylic acids is 1. The number of nitrogens with zero attached hydrogens (tertiary/aromatic N) is 2. The van der Waals surface area contributed by atoms with Crippen LogP contribution >= 0.6 is 0 Å². The SMILES string of the molecule is CC(C)(C)CN(CC(F)(F)F)C(=O)c1cccc(S(=O)(=O)N2CCCC2)c1. The van der Waals surface area contributed by atoms with E-state index < -0.39 is 34.1 Å². The zero-order valence-corrected chi connectivity index (χ0v) is 16.5. The van der Waals surface area contributed by atoms with E-state index in [1.807, 2.05) is 0 Å². The third-order valence-electron chi connectivity index (χ3n) is 4.11. The van der Waals surface area contributed by atoms with Gasteiger partial charge >= 0.3 is 6.18 Å². The largest absolute Gasteiger partial charge is 0.406 e. The van der Waals surface area contributed by atoms with Gasteiger partial charge in [0.25, 0.3) is 5.91 Å². The van der Waals surface area contributed by atoms with Crippen LogP contribution in [0.4, 0.5) is 13.2 Å². The van der Waals surface area contributed by atoms with Crippen LogP contribution in [0.2, 0.25) is 0 Å². The first kappa shape index (κ1) is 21.7. The molecule has 0 radical (unpaired) electrons. The minimum absolute atomic E-state index is 0.0660. The summed E-state index contributed by atoms with van der Waals surface area (Å²) in [7, 11) is -3.75. The Morgan fingerprint density at radius 1 is 1.11 bits per heavy atom. The quantitative estimate of drug-likeness (QED) is 0.752. The topological polar surface area (TPSA) is 57.7 Å². The highest BCUT2D eigenvalue weighted by atomic mass is 32.2. The molecule has 1 saturated heterocycles. The average Bonchev–Trinajstić information content (AvgIpc) is 3.06. The molecule has 1 fully saturated rings. The summed E-state index contributed by atoms with van der Waals surface area (Å²) in [6.45, 7) is 4.53. The maximum absolute atomic E-state index is 12.9. The molecule has 0 spiro atoms. The van der Waals surface area contributed by atoms with Crippen LogP contribution in [-0.2, 0) is 10.0 Å². The number of amides is 1. The average molecular weight is 406 g/mol. The molecular weight excluding hydrogens is 381 g/mol. The number of hydrogen-bond donors (Lipinski definition) is 0. The summed E-state index contributed by atoms with van der Waals surface area (Å²) in [5.41, 5.74) is -0.607. The van der Waals surface area contributed by atoms with Crippen LogP contribution in [0.25, 0.3) is 0 Å². The second-order valence-electron chi connectivity index (χ2n) is 7.98. The van der Waals surface area contributed by atoms with E-state index in [0.29, 0.717) is 13.1 Å². The Hall–Kier alpha value is -1.61. The Kier molecular flexibility index (Phi) is 6.26. The maximum atomic E-state index is 12.9. The second kappa shape index (κ2) is 7.79. The van der Waals surface area contributed by atoms with E-state index in [2.05, 4.69) is 0 Å². The van der Waals surface area contributed by atoms with Gasteiger partial charge in [0.1, 0.15) is 6.54 Å². The molecule has 0 aromatic heterocycles. The molecule has 1 aromatic rings. The molecule has 0 atom stereocenters. The Balaban J connectivity index is 2.33. The smallest absolute Gasteiger partial charge is 0.329 e. The van der Waals surface area contributed by atoms with Crippen molar-refractivity contribution >= 4 is 15.9 Å². The highest BCUT2D eigenvalue weighted by molar-refractivity contribution is 7.89. The maximum Gasteiger partial charge on any atom is 0.406 e. The van der Waals surface area contributed by atoms with Crippen molar-refractivity contribution in [1.82, 2.24) is 9.21 Å². The Morgan fingerprint density at radius 3 is 2.22 bits per heavy atom. The van der Waals surface area contributed by atoms with Crippen molar-refractivity contribution in [3.05, 3.63) is 29.8 Å². The van der Waals surface area contributed by atoms with Gasteiger partial charge in [0.05, 0.1) is 4.90 Å². The van der Waals surface area contributed by atoms with Crippen LogP contribution in [0.3, 0.4) is 0 Å². The fourth-order valence-electron chi connectivity index (χ4n) is 3.04. The zero-order valence-electron chi connectivity index (χ0n) is 15.7. The number of benzene rings is 1. The number of alkyl halides is 3. The molecule has 1 aliphatic heterocycles. The van der Waals surface area contributed by atoms with Crippen molar-refractivity contribution in [3.63, 3.8) is 0 Å². The van der Waals surface area contributed by atoms with Crippen molar-refractivity contribution in [2.24, 2.45) is 5.41 Å². The normalized spacial score (nSPS) is 16.5. The van der Waals surface area contributed by atoms with Crippen molar-refractivity contribution in [3.8, 4) is 0 Å². The molecule has 5 nitrogen and oxygen atoms in total. The molecule has 1 aromatic carbocycles. The first-order chi connectivity index (χ1) is 12.3. The Morgan fingerprint density at radius 2 is 1.70 bits per heavy atom. The number of rotatable bonds is 5. The monoisotopic (exact) mass is 406 g/mol. The lowest BCUT2D eigenvalue weighted by atomic mass is 9.95. The predicted octanol–water partition coefficient (Wildman–Crippen LogP) is 3.52. The summed E-state index contributed by atoms with van der Waals surface area (Å²) >= 11 is 0. The van der Waals surface area contributed by atoms with E-state index in [9.17, 15) is 26.4 Å². The summed E-state index contributed by atoms with van der Waals surface area (Å²) in [4.78, 5) is 13.4. The van der Waals surface area contributed by atoms with Gasteiger partial charge in [0, 0.05) is 25.2 Å². The molecule has 152 valence electrons.